The highest BCUT2D eigenvalue weighted by Crippen LogP contribution is 2.26. The van der Waals surface area contributed by atoms with Crippen LogP contribution in [0, 0.1) is 0 Å². The Kier molecular flexibility index (Phi) is 3.92. The van der Waals surface area contributed by atoms with Crippen molar-refractivity contribution in [2.75, 3.05) is 20.2 Å². The smallest absolute Gasteiger partial charge is 0.255 e. The molecular weight excluding hydrogens is 272 g/mol. The Labute approximate surface area is 121 Å². The summed E-state index contributed by atoms with van der Waals surface area (Å²) in [5, 5.41) is 3.97. The monoisotopic (exact) mass is 288 g/mol. The van der Waals surface area contributed by atoms with E-state index in [9.17, 15) is 4.79 Å². The number of amides is 1. The summed E-state index contributed by atoms with van der Waals surface area (Å²) in [6.45, 7) is 1.59. The molecule has 1 amide bonds. The van der Waals surface area contributed by atoms with Gasteiger partial charge in [-0.15, -0.1) is 0 Å². The number of rotatable bonds is 4. The molecule has 1 aliphatic heterocycles. The summed E-state index contributed by atoms with van der Waals surface area (Å²) in [7, 11) is 1.58. The molecule has 110 valence electrons. The third kappa shape index (κ3) is 2.92. The Hall–Kier alpha value is -2.28. The first-order valence-corrected chi connectivity index (χ1v) is 6.78. The first-order valence-electron chi connectivity index (χ1n) is 6.78. The summed E-state index contributed by atoms with van der Waals surface area (Å²) < 4.78 is 10.1. The van der Waals surface area contributed by atoms with Crippen LogP contribution in [-0.4, -0.2) is 46.1 Å². The molecule has 1 aliphatic rings. The number of hydrogen-bond donors (Lipinski definition) is 0. The molecule has 3 rings (SSSR count). The lowest BCUT2D eigenvalue weighted by Gasteiger charge is -2.15. The lowest BCUT2D eigenvalue weighted by Crippen LogP contribution is -2.28. The van der Waals surface area contributed by atoms with Crippen molar-refractivity contribution in [2.24, 2.45) is 0 Å². The van der Waals surface area contributed by atoms with E-state index in [2.05, 4.69) is 15.1 Å². The van der Waals surface area contributed by atoms with E-state index in [-0.39, 0.29) is 11.8 Å². The number of ether oxygens (including phenoxy) is 1. The summed E-state index contributed by atoms with van der Waals surface area (Å²) >= 11 is 0. The van der Waals surface area contributed by atoms with Gasteiger partial charge in [0.25, 0.3) is 11.8 Å². The van der Waals surface area contributed by atoms with Gasteiger partial charge in [-0.1, -0.05) is 5.16 Å². The molecule has 1 unspecified atom stereocenters. The topological polar surface area (TPSA) is 81.4 Å². The molecule has 7 nitrogen and oxygen atoms in total. The molecule has 0 saturated carbocycles. The van der Waals surface area contributed by atoms with E-state index >= 15 is 0 Å². The van der Waals surface area contributed by atoms with Crippen LogP contribution in [-0.2, 0) is 11.3 Å². The minimum Gasteiger partial charge on any atom is -0.375 e. The van der Waals surface area contributed by atoms with Crippen LogP contribution in [0.15, 0.2) is 29.0 Å². The number of likely N-dealkylation sites (tertiary alicyclic amines) is 1. The van der Waals surface area contributed by atoms with Gasteiger partial charge in [-0.25, -0.2) is 0 Å². The van der Waals surface area contributed by atoms with Crippen molar-refractivity contribution in [1.29, 1.82) is 0 Å². The van der Waals surface area contributed by atoms with E-state index in [0.717, 1.165) is 6.42 Å². The van der Waals surface area contributed by atoms with Crippen LogP contribution >= 0.6 is 0 Å². The average Bonchev–Trinajstić information content (AvgIpc) is 3.16. The van der Waals surface area contributed by atoms with Crippen molar-refractivity contribution in [2.45, 2.75) is 18.9 Å². The Balaban J connectivity index is 1.66. The molecule has 2 aromatic heterocycles. The Morgan fingerprint density at radius 2 is 2.48 bits per heavy atom. The molecule has 3 heterocycles. The molecule has 0 bridgehead atoms. The molecule has 1 saturated heterocycles. The van der Waals surface area contributed by atoms with E-state index in [1.54, 1.807) is 36.5 Å². The highest BCUT2D eigenvalue weighted by molar-refractivity contribution is 5.94. The van der Waals surface area contributed by atoms with Gasteiger partial charge >= 0.3 is 0 Å². The van der Waals surface area contributed by atoms with Crippen molar-refractivity contribution in [3.63, 3.8) is 0 Å². The molecule has 2 aromatic rings. The second-order valence-corrected chi connectivity index (χ2v) is 4.96. The molecule has 0 aromatic carbocycles. The predicted octanol–water partition coefficient (Wildman–Crippen LogP) is 1.24. The maximum Gasteiger partial charge on any atom is 0.255 e. The molecule has 7 heteroatoms. The summed E-state index contributed by atoms with van der Waals surface area (Å²) in [5.41, 5.74) is 0.603. The molecule has 0 N–H and O–H groups in total. The molecule has 0 spiro atoms. The second kappa shape index (κ2) is 6.01. The Morgan fingerprint density at radius 1 is 1.57 bits per heavy atom. The van der Waals surface area contributed by atoms with Gasteiger partial charge in [0.05, 0.1) is 5.56 Å². The van der Waals surface area contributed by atoms with Crippen LogP contribution in [0.3, 0.4) is 0 Å². The molecule has 21 heavy (non-hydrogen) atoms. The zero-order chi connectivity index (χ0) is 14.7. The van der Waals surface area contributed by atoms with Crippen molar-refractivity contribution < 1.29 is 14.1 Å². The number of nitrogens with zero attached hydrogens (tertiary/aromatic N) is 4. The van der Waals surface area contributed by atoms with Gasteiger partial charge in [-0.2, -0.15) is 4.98 Å². The predicted molar refractivity (Wildman–Crippen MR) is 72.5 cm³/mol. The standard InChI is InChI=1S/C14H16N4O3/c1-20-9-12-16-13(17-21-12)11-4-6-18(8-11)14(19)10-3-2-5-15-7-10/h2-3,5,7,11H,4,6,8-9H2,1H3. The van der Waals surface area contributed by atoms with E-state index in [1.807, 2.05) is 0 Å². The van der Waals surface area contributed by atoms with Gasteiger partial charge in [0.1, 0.15) is 6.61 Å². The van der Waals surface area contributed by atoms with Crippen molar-refractivity contribution in [3.05, 3.63) is 41.8 Å². The van der Waals surface area contributed by atoms with Crippen molar-refractivity contribution in [3.8, 4) is 0 Å². The van der Waals surface area contributed by atoms with Crippen LogP contribution in [0.2, 0.25) is 0 Å². The largest absolute Gasteiger partial charge is 0.375 e. The molecule has 0 radical (unpaired) electrons. The fourth-order valence-electron chi connectivity index (χ4n) is 2.44. The molecular formula is C14H16N4O3. The highest BCUT2D eigenvalue weighted by Gasteiger charge is 2.31. The Bertz CT molecular complexity index is 614. The van der Waals surface area contributed by atoms with Crippen molar-refractivity contribution >= 4 is 5.91 Å². The van der Waals surface area contributed by atoms with Gasteiger partial charge in [0.2, 0.25) is 0 Å². The summed E-state index contributed by atoms with van der Waals surface area (Å²) in [6.07, 6.45) is 4.07. The number of carbonyl (C=O) groups excluding carboxylic acids is 1. The van der Waals surface area contributed by atoms with Gasteiger partial charge < -0.3 is 14.2 Å². The second-order valence-electron chi connectivity index (χ2n) is 4.96. The van der Waals surface area contributed by atoms with Gasteiger partial charge in [-0.3, -0.25) is 9.78 Å². The van der Waals surface area contributed by atoms with Crippen LogP contribution in [0.5, 0.6) is 0 Å². The van der Waals surface area contributed by atoms with Gasteiger partial charge in [-0.05, 0) is 18.6 Å². The summed E-state index contributed by atoms with van der Waals surface area (Å²) in [6, 6.07) is 3.53. The molecule has 0 aliphatic carbocycles. The number of carbonyl (C=O) groups is 1. The quantitative estimate of drug-likeness (QED) is 0.842. The summed E-state index contributed by atoms with van der Waals surface area (Å²) in [4.78, 5) is 22.4. The normalized spacial score (nSPS) is 18.1. The number of aromatic nitrogens is 3. The van der Waals surface area contributed by atoms with E-state index < -0.39 is 0 Å². The van der Waals surface area contributed by atoms with E-state index in [0.29, 0.717) is 37.0 Å². The minimum absolute atomic E-state index is 0.00814. The molecule has 1 atom stereocenters. The Morgan fingerprint density at radius 3 is 3.24 bits per heavy atom. The van der Waals surface area contributed by atoms with Crippen LogP contribution < -0.4 is 0 Å². The average molecular weight is 288 g/mol. The minimum atomic E-state index is -0.00814. The summed E-state index contributed by atoms with van der Waals surface area (Å²) in [5.74, 6) is 1.21. The van der Waals surface area contributed by atoms with E-state index in [4.69, 9.17) is 9.26 Å². The van der Waals surface area contributed by atoms with Gasteiger partial charge in [0, 0.05) is 38.5 Å². The molecule has 1 fully saturated rings. The van der Waals surface area contributed by atoms with Crippen molar-refractivity contribution in [1.82, 2.24) is 20.0 Å². The zero-order valence-corrected chi connectivity index (χ0v) is 11.7. The van der Waals surface area contributed by atoms with Gasteiger partial charge in [0.15, 0.2) is 5.82 Å². The third-order valence-electron chi connectivity index (χ3n) is 3.50. The zero-order valence-electron chi connectivity index (χ0n) is 11.7. The number of methoxy groups -OCH3 is 1. The first kappa shape index (κ1) is 13.7. The van der Waals surface area contributed by atoms with Crippen LogP contribution in [0.4, 0.5) is 0 Å². The fraction of sp³-hybridized carbons (Fsp3) is 0.429. The van der Waals surface area contributed by atoms with E-state index in [1.165, 1.54) is 0 Å². The maximum atomic E-state index is 12.3. The van der Waals surface area contributed by atoms with Crippen LogP contribution in [0.1, 0.15) is 34.4 Å². The lowest BCUT2D eigenvalue weighted by molar-refractivity contribution is 0.0790. The van der Waals surface area contributed by atoms with Crippen LogP contribution in [0.25, 0.3) is 0 Å². The first-order chi connectivity index (χ1) is 10.3. The fourth-order valence-corrected chi connectivity index (χ4v) is 2.44. The number of pyridine rings is 1. The SMILES string of the molecule is COCc1nc(C2CCN(C(=O)c3cccnc3)C2)no1. The maximum absolute atomic E-state index is 12.3. The third-order valence-corrected chi connectivity index (χ3v) is 3.50. The highest BCUT2D eigenvalue weighted by atomic mass is 16.5. The number of hydrogen-bond acceptors (Lipinski definition) is 6. The lowest BCUT2D eigenvalue weighted by atomic mass is 10.1.